The monoisotopic (exact) mass is 274 g/mol. The Labute approximate surface area is 115 Å². The average Bonchev–Trinajstić information content (AvgIpc) is 2.43. The minimum absolute atomic E-state index is 0.0203. The molecule has 0 fully saturated rings. The molecule has 0 saturated carbocycles. The van der Waals surface area contributed by atoms with Crippen LogP contribution in [-0.2, 0) is 4.79 Å². The fourth-order valence-corrected chi connectivity index (χ4v) is 1.82. The van der Waals surface area contributed by atoms with Crippen molar-refractivity contribution in [2.45, 2.75) is 0 Å². The number of carbonyl (C=O) groups excluding carboxylic acids is 1. The van der Waals surface area contributed by atoms with E-state index in [1.165, 1.54) is 17.2 Å². The first-order chi connectivity index (χ1) is 9.50. The van der Waals surface area contributed by atoms with Crippen molar-refractivity contribution in [3.63, 3.8) is 0 Å². The molecule has 1 aromatic carbocycles. The Bertz CT molecular complexity index is 670. The summed E-state index contributed by atoms with van der Waals surface area (Å²) in [5, 5.41) is 15.1. The Morgan fingerprint density at radius 1 is 1.35 bits per heavy atom. The average molecular weight is 274 g/mol. The second kappa shape index (κ2) is 5.52. The molecule has 0 aliphatic rings. The molecule has 1 N–H and O–H groups in total. The number of pyridine rings is 1. The lowest BCUT2D eigenvalue weighted by molar-refractivity contribution is -0.383. The third-order valence-corrected chi connectivity index (χ3v) is 2.92. The van der Waals surface area contributed by atoms with E-state index in [1.807, 2.05) is 0 Å². The number of likely N-dealkylation sites (N-methyl/N-ethyl adjacent to an activating group) is 1. The van der Waals surface area contributed by atoms with E-state index < -0.39 is 4.92 Å². The molecule has 0 aliphatic carbocycles. The molecule has 0 aliphatic heterocycles. The van der Waals surface area contributed by atoms with Crippen molar-refractivity contribution in [3.05, 3.63) is 40.7 Å². The second-order valence-corrected chi connectivity index (χ2v) is 4.45. The van der Waals surface area contributed by atoms with Crippen molar-refractivity contribution in [2.75, 3.05) is 26.0 Å². The Morgan fingerprint density at radius 2 is 2.10 bits per heavy atom. The number of nitrogens with zero attached hydrogens (tertiary/aromatic N) is 3. The number of carbonyl (C=O) groups is 1. The number of nitrogens with one attached hydrogen (secondary N) is 1. The minimum atomic E-state index is -0.433. The maximum Gasteiger partial charge on any atom is 0.277 e. The number of fused-ring (bicyclic) bond motifs is 1. The summed E-state index contributed by atoms with van der Waals surface area (Å²) in [6.45, 7) is 0.120. The largest absolute Gasteiger partial charge is 0.376 e. The molecule has 7 heteroatoms. The van der Waals surface area contributed by atoms with Crippen LogP contribution in [0.4, 0.5) is 11.4 Å². The third-order valence-electron chi connectivity index (χ3n) is 2.92. The zero-order valence-electron chi connectivity index (χ0n) is 11.2. The van der Waals surface area contributed by atoms with Crippen molar-refractivity contribution in [1.82, 2.24) is 9.88 Å². The molecule has 20 heavy (non-hydrogen) atoms. The van der Waals surface area contributed by atoms with E-state index >= 15 is 0 Å². The topological polar surface area (TPSA) is 88.4 Å². The van der Waals surface area contributed by atoms with Crippen LogP contribution in [-0.4, -0.2) is 41.4 Å². The predicted molar refractivity (Wildman–Crippen MR) is 75.6 cm³/mol. The maximum atomic E-state index is 11.6. The second-order valence-electron chi connectivity index (χ2n) is 4.45. The molecule has 7 nitrogen and oxygen atoms in total. The molecule has 0 unspecified atom stereocenters. The number of hydrogen-bond donors (Lipinski definition) is 1. The van der Waals surface area contributed by atoms with Crippen molar-refractivity contribution in [2.24, 2.45) is 0 Å². The van der Waals surface area contributed by atoms with Gasteiger partial charge in [-0.1, -0.05) is 0 Å². The van der Waals surface area contributed by atoms with Gasteiger partial charge in [0.1, 0.15) is 0 Å². The first-order valence-corrected chi connectivity index (χ1v) is 5.96. The fraction of sp³-hybridized carbons (Fsp3) is 0.231. The van der Waals surface area contributed by atoms with Gasteiger partial charge in [0, 0.05) is 43.6 Å². The van der Waals surface area contributed by atoms with Gasteiger partial charge < -0.3 is 10.2 Å². The SMILES string of the molecule is CN(C)C(=O)CNc1ccc([N+](=O)[O-])c2ccncc12. The zero-order valence-corrected chi connectivity index (χ0v) is 11.2. The Hall–Kier alpha value is -2.70. The molecular formula is C13H14N4O3. The van der Waals surface area contributed by atoms with E-state index in [2.05, 4.69) is 10.3 Å². The molecule has 0 spiro atoms. The molecule has 2 rings (SSSR count). The van der Waals surface area contributed by atoms with Gasteiger partial charge >= 0.3 is 0 Å². The lowest BCUT2D eigenvalue weighted by Gasteiger charge is -2.13. The first kappa shape index (κ1) is 13.7. The summed E-state index contributed by atoms with van der Waals surface area (Å²) in [7, 11) is 3.33. The van der Waals surface area contributed by atoms with Gasteiger partial charge in [0.2, 0.25) is 5.91 Å². The zero-order chi connectivity index (χ0) is 14.7. The van der Waals surface area contributed by atoms with Crippen LogP contribution in [0.25, 0.3) is 10.8 Å². The summed E-state index contributed by atoms with van der Waals surface area (Å²) in [5.41, 5.74) is 0.667. The summed E-state index contributed by atoms with van der Waals surface area (Å²) in [4.78, 5) is 27.6. The quantitative estimate of drug-likeness (QED) is 0.676. The van der Waals surface area contributed by atoms with Crippen LogP contribution in [0.2, 0.25) is 0 Å². The molecule has 0 bridgehead atoms. The lowest BCUT2D eigenvalue weighted by Crippen LogP contribution is -2.28. The Kier molecular flexibility index (Phi) is 3.79. The summed E-state index contributed by atoms with van der Waals surface area (Å²) < 4.78 is 0. The van der Waals surface area contributed by atoms with Gasteiger partial charge in [-0.3, -0.25) is 19.9 Å². The van der Waals surface area contributed by atoms with Crippen molar-refractivity contribution < 1.29 is 9.72 Å². The lowest BCUT2D eigenvalue weighted by atomic mass is 10.1. The van der Waals surface area contributed by atoms with Crippen LogP contribution in [0, 0.1) is 10.1 Å². The summed E-state index contributed by atoms with van der Waals surface area (Å²) in [5.74, 6) is -0.0830. The summed E-state index contributed by atoms with van der Waals surface area (Å²) in [6.07, 6.45) is 3.05. The number of rotatable bonds is 4. The van der Waals surface area contributed by atoms with Gasteiger partial charge in [-0.25, -0.2) is 0 Å². The molecule has 1 heterocycles. The predicted octanol–water partition coefficient (Wildman–Crippen LogP) is 1.64. The molecule has 1 amide bonds. The van der Waals surface area contributed by atoms with Gasteiger partial charge in [0.25, 0.3) is 5.69 Å². The number of hydrogen-bond acceptors (Lipinski definition) is 5. The van der Waals surface area contributed by atoms with Crippen LogP contribution in [0.5, 0.6) is 0 Å². The summed E-state index contributed by atoms with van der Waals surface area (Å²) >= 11 is 0. The highest BCUT2D eigenvalue weighted by atomic mass is 16.6. The van der Waals surface area contributed by atoms with Crippen LogP contribution in [0.15, 0.2) is 30.6 Å². The summed E-state index contributed by atoms with van der Waals surface area (Å²) in [6, 6.07) is 4.60. The highest BCUT2D eigenvalue weighted by Gasteiger charge is 2.14. The van der Waals surface area contributed by atoms with E-state index in [4.69, 9.17) is 0 Å². The number of anilines is 1. The number of amides is 1. The van der Waals surface area contributed by atoms with E-state index in [9.17, 15) is 14.9 Å². The van der Waals surface area contributed by atoms with Crippen LogP contribution >= 0.6 is 0 Å². The van der Waals surface area contributed by atoms with Crippen molar-refractivity contribution in [3.8, 4) is 0 Å². The van der Waals surface area contributed by atoms with Gasteiger partial charge in [-0.15, -0.1) is 0 Å². The van der Waals surface area contributed by atoms with E-state index in [-0.39, 0.29) is 18.1 Å². The van der Waals surface area contributed by atoms with Gasteiger partial charge in [-0.05, 0) is 12.1 Å². The Balaban J connectivity index is 2.38. The van der Waals surface area contributed by atoms with Gasteiger partial charge in [-0.2, -0.15) is 0 Å². The smallest absolute Gasteiger partial charge is 0.277 e. The molecule has 0 atom stereocenters. The Morgan fingerprint density at radius 3 is 2.75 bits per heavy atom. The van der Waals surface area contributed by atoms with Crippen LogP contribution < -0.4 is 5.32 Å². The molecule has 0 radical (unpaired) electrons. The van der Waals surface area contributed by atoms with E-state index in [1.54, 1.807) is 32.4 Å². The third kappa shape index (κ3) is 2.66. The molecule has 104 valence electrons. The van der Waals surface area contributed by atoms with Gasteiger partial charge in [0.05, 0.1) is 16.9 Å². The van der Waals surface area contributed by atoms with Crippen LogP contribution in [0.1, 0.15) is 0 Å². The normalized spacial score (nSPS) is 10.3. The molecule has 0 saturated heterocycles. The number of nitro groups is 1. The highest BCUT2D eigenvalue weighted by Crippen LogP contribution is 2.30. The maximum absolute atomic E-state index is 11.6. The van der Waals surface area contributed by atoms with Crippen LogP contribution in [0.3, 0.4) is 0 Å². The van der Waals surface area contributed by atoms with E-state index in [0.29, 0.717) is 16.5 Å². The van der Waals surface area contributed by atoms with Crippen molar-refractivity contribution in [1.29, 1.82) is 0 Å². The first-order valence-electron chi connectivity index (χ1n) is 5.96. The number of nitro benzene ring substituents is 1. The highest BCUT2D eigenvalue weighted by molar-refractivity contribution is 5.99. The van der Waals surface area contributed by atoms with E-state index in [0.717, 1.165) is 0 Å². The van der Waals surface area contributed by atoms with Crippen molar-refractivity contribution >= 4 is 28.1 Å². The number of non-ortho nitro benzene ring substituents is 1. The molecule has 1 aromatic heterocycles. The molecular weight excluding hydrogens is 260 g/mol. The minimum Gasteiger partial charge on any atom is -0.376 e. The number of aromatic nitrogens is 1. The fourth-order valence-electron chi connectivity index (χ4n) is 1.82. The molecule has 2 aromatic rings. The standard InChI is InChI=1S/C13H14N4O3/c1-16(2)13(18)8-15-11-3-4-12(17(19)20)9-5-6-14-7-10(9)11/h3-7,15H,8H2,1-2H3. The number of benzene rings is 1. The van der Waals surface area contributed by atoms with Gasteiger partial charge in [0.15, 0.2) is 0 Å².